The molecule has 0 atom stereocenters. The molecule has 6 nitrogen and oxygen atoms in total. The molecule has 172 valence electrons. The van der Waals surface area contributed by atoms with Crippen LogP contribution < -0.4 is 5.32 Å². The molecule has 1 amide bonds. The monoisotopic (exact) mass is 507 g/mol. The molecule has 3 aromatic rings. The molecule has 0 saturated heterocycles. The van der Waals surface area contributed by atoms with Gasteiger partial charge in [0.25, 0.3) is 5.91 Å². The fraction of sp³-hybridized carbons (Fsp3) is 0.346. The highest BCUT2D eigenvalue weighted by atomic mass is 79.9. The molecule has 33 heavy (non-hydrogen) atoms. The molecular formula is C26H30BrN5O. The number of aromatic nitrogens is 2. The Bertz CT molecular complexity index is 1110. The van der Waals surface area contributed by atoms with Crippen molar-refractivity contribution in [3.63, 3.8) is 0 Å². The molecule has 1 aliphatic heterocycles. The van der Waals surface area contributed by atoms with Gasteiger partial charge < -0.3 is 10.2 Å². The van der Waals surface area contributed by atoms with Gasteiger partial charge in [-0.05, 0) is 49.6 Å². The van der Waals surface area contributed by atoms with Crippen LogP contribution in [0.3, 0.4) is 0 Å². The van der Waals surface area contributed by atoms with Crippen molar-refractivity contribution >= 4 is 27.5 Å². The lowest BCUT2D eigenvalue weighted by molar-refractivity contribution is 0.0718. The van der Waals surface area contributed by atoms with Crippen LogP contribution in [-0.4, -0.2) is 51.9 Å². The predicted octanol–water partition coefficient (Wildman–Crippen LogP) is 4.82. The quantitative estimate of drug-likeness (QED) is 0.550. The average molecular weight is 508 g/mol. The Morgan fingerprint density at radius 1 is 1.09 bits per heavy atom. The first-order valence-electron chi connectivity index (χ1n) is 11.4. The highest BCUT2D eigenvalue weighted by Crippen LogP contribution is 2.24. The van der Waals surface area contributed by atoms with Crippen LogP contribution in [-0.2, 0) is 13.1 Å². The van der Waals surface area contributed by atoms with Crippen molar-refractivity contribution in [2.24, 2.45) is 0 Å². The van der Waals surface area contributed by atoms with Gasteiger partial charge in [-0.2, -0.15) is 0 Å². The van der Waals surface area contributed by atoms with E-state index in [4.69, 9.17) is 0 Å². The number of amides is 1. The number of halogens is 1. The molecule has 1 aromatic heterocycles. The first kappa shape index (κ1) is 23.4. The summed E-state index contributed by atoms with van der Waals surface area (Å²) in [6, 6.07) is 16.7. The summed E-state index contributed by atoms with van der Waals surface area (Å²) < 4.78 is 1.01. The third-order valence-electron chi connectivity index (χ3n) is 5.95. The molecule has 0 fully saturated rings. The highest BCUT2D eigenvalue weighted by Gasteiger charge is 2.22. The Morgan fingerprint density at radius 2 is 1.91 bits per heavy atom. The van der Waals surface area contributed by atoms with Crippen molar-refractivity contribution in [1.82, 2.24) is 19.8 Å². The van der Waals surface area contributed by atoms with Gasteiger partial charge in [0, 0.05) is 55.6 Å². The fourth-order valence-electron chi connectivity index (χ4n) is 4.19. The summed E-state index contributed by atoms with van der Waals surface area (Å²) >= 11 is 3.59. The van der Waals surface area contributed by atoms with Crippen LogP contribution in [0.25, 0.3) is 0 Å². The highest BCUT2D eigenvalue weighted by molar-refractivity contribution is 9.10. The zero-order valence-corrected chi connectivity index (χ0v) is 20.8. The SMILES string of the molecule is Cc1ncc(C(=O)N2CCN(Cc3ccccc3)CCCNc3ccc(Br)cc3C2)c(C)n1. The van der Waals surface area contributed by atoms with E-state index >= 15 is 0 Å². The second kappa shape index (κ2) is 10.9. The Hall–Kier alpha value is -2.77. The Kier molecular flexibility index (Phi) is 7.73. The number of nitrogens with one attached hydrogen (secondary N) is 1. The van der Waals surface area contributed by atoms with Crippen molar-refractivity contribution in [1.29, 1.82) is 0 Å². The van der Waals surface area contributed by atoms with E-state index in [2.05, 4.69) is 72.5 Å². The minimum absolute atomic E-state index is 0.0302. The van der Waals surface area contributed by atoms with Gasteiger partial charge in [0.05, 0.1) is 11.3 Å². The van der Waals surface area contributed by atoms with Gasteiger partial charge in [0.2, 0.25) is 0 Å². The molecule has 2 aromatic carbocycles. The van der Waals surface area contributed by atoms with Gasteiger partial charge in [0.15, 0.2) is 0 Å². The van der Waals surface area contributed by atoms with Gasteiger partial charge in [-0.25, -0.2) is 9.97 Å². The molecule has 7 heteroatoms. The maximum absolute atomic E-state index is 13.6. The second-order valence-corrected chi connectivity index (χ2v) is 9.40. The summed E-state index contributed by atoms with van der Waals surface area (Å²) in [5.41, 5.74) is 4.74. The topological polar surface area (TPSA) is 61.4 Å². The predicted molar refractivity (Wildman–Crippen MR) is 135 cm³/mol. The lowest BCUT2D eigenvalue weighted by atomic mass is 10.1. The first-order valence-corrected chi connectivity index (χ1v) is 12.2. The summed E-state index contributed by atoms with van der Waals surface area (Å²) in [4.78, 5) is 26.7. The number of anilines is 1. The van der Waals surface area contributed by atoms with Crippen LogP contribution in [0.2, 0.25) is 0 Å². The maximum Gasteiger partial charge on any atom is 0.257 e. The van der Waals surface area contributed by atoms with Crippen molar-refractivity contribution in [3.05, 3.63) is 87.4 Å². The van der Waals surface area contributed by atoms with Crippen LogP contribution in [0.1, 0.15) is 39.4 Å². The number of carbonyl (C=O) groups excluding carboxylic acids is 1. The third-order valence-corrected chi connectivity index (χ3v) is 6.44. The molecule has 1 N–H and O–H groups in total. The van der Waals surface area contributed by atoms with E-state index in [0.29, 0.717) is 24.5 Å². The Balaban J connectivity index is 1.62. The van der Waals surface area contributed by atoms with Gasteiger partial charge in [-0.3, -0.25) is 9.69 Å². The van der Waals surface area contributed by atoms with Gasteiger partial charge >= 0.3 is 0 Å². The van der Waals surface area contributed by atoms with Crippen LogP contribution in [0, 0.1) is 13.8 Å². The lowest BCUT2D eigenvalue weighted by Crippen LogP contribution is -2.39. The number of benzene rings is 2. The number of hydrogen-bond acceptors (Lipinski definition) is 5. The minimum atomic E-state index is -0.0302. The normalized spacial score (nSPS) is 15.3. The van der Waals surface area contributed by atoms with Crippen molar-refractivity contribution in [2.45, 2.75) is 33.4 Å². The van der Waals surface area contributed by atoms with E-state index in [-0.39, 0.29) is 5.91 Å². The van der Waals surface area contributed by atoms with E-state index in [1.807, 2.05) is 30.9 Å². The van der Waals surface area contributed by atoms with E-state index in [1.54, 1.807) is 6.20 Å². The van der Waals surface area contributed by atoms with Crippen LogP contribution in [0.5, 0.6) is 0 Å². The minimum Gasteiger partial charge on any atom is -0.385 e. The molecule has 0 unspecified atom stereocenters. The molecule has 1 aliphatic rings. The number of aryl methyl sites for hydroxylation is 2. The smallest absolute Gasteiger partial charge is 0.257 e. The Morgan fingerprint density at radius 3 is 2.70 bits per heavy atom. The summed E-state index contributed by atoms with van der Waals surface area (Å²) in [5, 5.41) is 3.58. The van der Waals surface area contributed by atoms with Gasteiger partial charge in [-0.15, -0.1) is 0 Å². The van der Waals surface area contributed by atoms with Crippen LogP contribution >= 0.6 is 15.9 Å². The van der Waals surface area contributed by atoms with Crippen LogP contribution in [0.4, 0.5) is 5.69 Å². The van der Waals surface area contributed by atoms with E-state index < -0.39 is 0 Å². The molecule has 0 aliphatic carbocycles. The molecule has 0 radical (unpaired) electrons. The third kappa shape index (κ3) is 6.18. The molecule has 0 bridgehead atoms. The van der Waals surface area contributed by atoms with Crippen molar-refractivity contribution in [3.8, 4) is 0 Å². The fourth-order valence-corrected chi connectivity index (χ4v) is 4.59. The molecule has 4 rings (SSSR count). The largest absolute Gasteiger partial charge is 0.385 e. The Labute approximate surface area is 204 Å². The van der Waals surface area contributed by atoms with Crippen molar-refractivity contribution < 1.29 is 4.79 Å². The molecular weight excluding hydrogens is 478 g/mol. The summed E-state index contributed by atoms with van der Waals surface area (Å²) in [6.07, 6.45) is 2.69. The maximum atomic E-state index is 13.6. The summed E-state index contributed by atoms with van der Waals surface area (Å²) in [7, 11) is 0. The molecule has 0 spiro atoms. The van der Waals surface area contributed by atoms with E-state index in [0.717, 1.165) is 54.0 Å². The standard InChI is InChI=1S/C26H30BrN5O/c1-19-24(16-29-20(2)30-19)26(33)32-14-13-31(17-21-7-4-3-5-8-21)12-6-11-28-25-10-9-23(27)15-22(25)18-32/h3-5,7-10,15-16,28H,6,11-14,17-18H2,1-2H3. The number of carbonyl (C=O) groups is 1. The zero-order chi connectivity index (χ0) is 23.2. The van der Waals surface area contributed by atoms with E-state index in [1.165, 1.54) is 5.56 Å². The van der Waals surface area contributed by atoms with Crippen molar-refractivity contribution in [2.75, 3.05) is 31.5 Å². The van der Waals surface area contributed by atoms with Gasteiger partial charge in [-0.1, -0.05) is 46.3 Å². The summed E-state index contributed by atoms with van der Waals surface area (Å²) in [5.74, 6) is 0.645. The zero-order valence-electron chi connectivity index (χ0n) is 19.2. The number of nitrogens with zero attached hydrogens (tertiary/aromatic N) is 4. The lowest BCUT2D eigenvalue weighted by Gasteiger charge is -2.28. The average Bonchev–Trinajstić information content (AvgIpc) is 2.83. The number of fused-ring (bicyclic) bond motifs is 1. The van der Waals surface area contributed by atoms with E-state index in [9.17, 15) is 4.79 Å². The number of hydrogen-bond donors (Lipinski definition) is 1. The molecule has 2 heterocycles. The number of rotatable bonds is 3. The van der Waals surface area contributed by atoms with Crippen LogP contribution in [0.15, 0.2) is 59.2 Å². The van der Waals surface area contributed by atoms with Gasteiger partial charge in [0.1, 0.15) is 5.82 Å². The summed E-state index contributed by atoms with van der Waals surface area (Å²) in [6.45, 7) is 8.39. The second-order valence-electron chi connectivity index (χ2n) is 8.49. The molecule has 0 saturated carbocycles. The first-order chi connectivity index (χ1) is 16.0.